The Morgan fingerprint density at radius 1 is 0.759 bits per heavy atom. The Morgan fingerprint density at radius 2 is 1.10 bits per heavy atom. The average molecular weight is 706 g/mol. The summed E-state index contributed by atoms with van der Waals surface area (Å²) in [6, 6.07) is 31.2. The first-order chi connectivity index (χ1) is 13.8. The average Bonchev–Trinajstić information content (AvgIpc) is 2.72. The van der Waals surface area contributed by atoms with E-state index in [4.69, 9.17) is 2.69 Å². The molecule has 3 aromatic rings. The summed E-state index contributed by atoms with van der Waals surface area (Å²) in [6.45, 7) is 2.01. The van der Waals surface area contributed by atoms with Gasteiger partial charge in [-0.3, -0.25) is 0 Å². The Balaban J connectivity index is 2.16. The van der Waals surface area contributed by atoms with Crippen molar-refractivity contribution in [2.75, 3.05) is 0 Å². The summed E-state index contributed by atoms with van der Waals surface area (Å²) in [5.41, 5.74) is 0. The van der Waals surface area contributed by atoms with Gasteiger partial charge < -0.3 is 0 Å². The molecule has 3 rings (SSSR count). The van der Waals surface area contributed by atoms with Gasteiger partial charge in [-0.05, 0) is 0 Å². The zero-order valence-electron chi connectivity index (χ0n) is 17.5. The third-order valence-corrected chi connectivity index (χ3v) is 30.3. The van der Waals surface area contributed by atoms with Crippen molar-refractivity contribution in [3.8, 4) is 0 Å². The van der Waals surface area contributed by atoms with Gasteiger partial charge in [0.05, 0.1) is 0 Å². The van der Waals surface area contributed by atoms with Gasteiger partial charge in [0.25, 0.3) is 0 Å². The van der Waals surface area contributed by atoms with Gasteiger partial charge in [0, 0.05) is 0 Å². The van der Waals surface area contributed by atoms with E-state index in [9.17, 15) is 4.79 Å². The van der Waals surface area contributed by atoms with Crippen LogP contribution in [0, 0.1) is 0 Å². The van der Waals surface area contributed by atoms with Crippen LogP contribution in [0.15, 0.2) is 91.0 Å². The summed E-state index contributed by atoms with van der Waals surface area (Å²) in [7, 11) is 1.86. The molecule has 0 fully saturated rings. The molecule has 2 nitrogen and oxygen atoms in total. The first-order valence-electron chi connectivity index (χ1n) is 9.90. The maximum atomic E-state index is 13.4. The van der Waals surface area contributed by atoms with E-state index in [1.165, 1.54) is 9.37 Å². The summed E-state index contributed by atoms with van der Waals surface area (Å²) in [5, 5.41) is -0.138. The zero-order chi connectivity index (χ0) is 20.9. The third-order valence-electron chi connectivity index (χ3n) is 4.66. The van der Waals surface area contributed by atoms with Crippen LogP contribution in [0.4, 0.5) is 0 Å². The van der Waals surface area contributed by atoms with Crippen molar-refractivity contribution in [1.29, 1.82) is 0 Å². The molecule has 0 aromatic heterocycles. The van der Waals surface area contributed by atoms with Crippen molar-refractivity contribution in [2.45, 2.75) is 27.0 Å². The van der Waals surface area contributed by atoms with Gasteiger partial charge >= 0.3 is 188 Å². The second kappa shape index (κ2) is 10.0. The molecule has 1 atom stereocenters. The van der Waals surface area contributed by atoms with Crippen LogP contribution >= 0.6 is 8.95 Å². The molecule has 0 spiro atoms. The predicted octanol–water partition coefficient (Wildman–Crippen LogP) is 4.15. The molecule has 5 heteroatoms. The van der Waals surface area contributed by atoms with E-state index in [2.05, 4.69) is 51.2 Å². The third kappa shape index (κ3) is 5.67. The minimum absolute atomic E-state index is 0.0696. The first kappa shape index (κ1) is 22.9. The number of carbonyl (C=O) groups is 1. The molecular weight excluding hydrogens is 678 g/mol. The first-order valence-corrected chi connectivity index (χ1v) is 30.3. The van der Waals surface area contributed by atoms with Gasteiger partial charge in [-0.1, -0.05) is 0 Å². The van der Waals surface area contributed by atoms with E-state index in [0.717, 1.165) is 0 Å². The summed E-state index contributed by atoms with van der Waals surface area (Å²) >= 11 is -6.35. The molecule has 0 aliphatic heterocycles. The van der Waals surface area contributed by atoms with Crippen LogP contribution in [0.25, 0.3) is 0 Å². The summed E-state index contributed by atoms with van der Waals surface area (Å²) in [6.07, 6.45) is 0. The Bertz CT molecular complexity index is 831. The molecule has 0 bridgehead atoms. The van der Waals surface area contributed by atoms with E-state index in [1.807, 2.05) is 70.5 Å². The Morgan fingerprint density at radius 3 is 1.41 bits per heavy atom. The van der Waals surface area contributed by atoms with Gasteiger partial charge in [0.1, 0.15) is 0 Å². The monoisotopic (exact) mass is 708 g/mol. The fourth-order valence-electron chi connectivity index (χ4n) is 3.51. The summed E-state index contributed by atoms with van der Waals surface area (Å²) in [5.74, 6) is -0.0696. The molecule has 0 N–H and O–H groups in total. The molecule has 0 aliphatic carbocycles. The van der Waals surface area contributed by atoms with Crippen LogP contribution in [0.2, 0.25) is 14.8 Å². The van der Waals surface area contributed by atoms with Gasteiger partial charge in [-0.2, -0.15) is 0 Å². The quantitative estimate of drug-likeness (QED) is 0.346. The van der Waals surface area contributed by atoms with Crippen molar-refractivity contribution in [1.82, 2.24) is 0 Å². The van der Waals surface area contributed by atoms with Gasteiger partial charge in [0.15, 0.2) is 0 Å². The molecule has 0 saturated heterocycles. The fraction of sp³-hybridized carbons (Fsp3) is 0.208. The fourth-order valence-corrected chi connectivity index (χ4v) is 29.8. The van der Waals surface area contributed by atoms with Crippen LogP contribution in [0.1, 0.15) is 6.92 Å². The Kier molecular flexibility index (Phi) is 7.89. The summed E-state index contributed by atoms with van der Waals surface area (Å²) in [4.78, 5) is 20.4. The number of hydrogen-bond acceptors (Lipinski definition) is 3. The predicted molar refractivity (Wildman–Crippen MR) is 130 cm³/mol. The van der Waals surface area contributed by atoms with Crippen molar-refractivity contribution >= 4 is 62.9 Å². The van der Waals surface area contributed by atoms with Crippen LogP contribution in [-0.4, -0.2) is 49.8 Å². The molecule has 0 amide bonds. The Labute approximate surface area is 186 Å². The normalized spacial score (nSPS) is 13.0. The van der Waals surface area contributed by atoms with E-state index >= 15 is 0 Å². The maximum absolute atomic E-state index is 13.4. The number of rotatable bonds is 7. The standard InChI is InChI=1S/3C6H5.C3H6O2S.3CH3.Pb.Sn/c3*1-2-4-6-5-3-1;1-2(6)3(4)5;;;;;/h3*1-5H;2,6H,1H3,(H,4,5);3*1H3;;/q;;;;;;;2*+1/p-2. The van der Waals surface area contributed by atoms with E-state index in [1.54, 1.807) is 0 Å². The van der Waals surface area contributed by atoms with Crippen molar-refractivity contribution in [2.24, 2.45) is 0 Å². The Hall–Kier alpha value is -0.799. The van der Waals surface area contributed by atoms with Crippen molar-refractivity contribution < 1.29 is 7.48 Å². The van der Waals surface area contributed by atoms with Crippen LogP contribution in [0.3, 0.4) is 0 Å². The number of hydrogen-bond donors (Lipinski definition) is 0. The topological polar surface area (TPSA) is 26.3 Å². The van der Waals surface area contributed by atoms with Crippen LogP contribution in [0.5, 0.6) is 0 Å². The van der Waals surface area contributed by atoms with E-state index in [-0.39, 0.29) is 11.2 Å². The molecule has 3 aromatic carbocycles. The van der Waals surface area contributed by atoms with Crippen molar-refractivity contribution in [3.05, 3.63) is 91.0 Å². The molecule has 0 saturated carbocycles. The van der Waals surface area contributed by atoms with E-state index in [0.29, 0.717) is 0 Å². The minimum atomic E-state index is -4.15. The SMILES string of the molecule is CC([S][Sn]([CH3])([CH3])[CH3])C(=O)[O][Pb]([c]1ccccc1)([c]1ccccc1)[c]1ccccc1. The second-order valence-corrected chi connectivity index (χ2v) is 44.1. The van der Waals surface area contributed by atoms with Crippen molar-refractivity contribution in [3.63, 3.8) is 0 Å². The van der Waals surface area contributed by atoms with Crippen LogP contribution in [-0.2, 0) is 7.48 Å². The second-order valence-electron chi connectivity index (χ2n) is 8.07. The zero-order valence-corrected chi connectivity index (χ0v) is 25.0. The van der Waals surface area contributed by atoms with Gasteiger partial charge in [-0.25, -0.2) is 0 Å². The molecule has 150 valence electrons. The summed E-state index contributed by atoms with van der Waals surface area (Å²) < 4.78 is 10.2. The van der Waals surface area contributed by atoms with Gasteiger partial charge in [0.2, 0.25) is 0 Å². The molecule has 0 heterocycles. The van der Waals surface area contributed by atoms with Crippen LogP contribution < -0.4 is 9.37 Å². The van der Waals surface area contributed by atoms with E-state index < -0.39 is 38.6 Å². The van der Waals surface area contributed by atoms with Gasteiger partial charge in [-0.15, -0.1) is 0 Å². The molecule has 0 radical (unpaired) electrons. The number of benzene rings is 3. The molecule has 1 unspecified atom stereocenters. The molecule has 0 aliphatic rings. The number of carbonyl (C=O) groups excluding carboxylic acids is 1. The molecular formula is C24H28O2PbSSn. The molecule has 29 heavy (non-hydrogen) atoms.